The minimum absolute atomic E-state index is 0.117. The number of benzene rings is 1. The third-order valence-corrected chi connectivity index (χ3v) is 2.56. The Balaban J connectivity index is 2.98. The van der Waals surface area contributed by atoms with Gasteiger partial charge in [-0.3, -0.25) is 14.9 Å². The molecule has 0 unspecified atom stereocenters. The Morgan fingerprint density at radius 1 is 1.62 bits per heavy atom. The molecule has 16 heavy (non-hydrogen) atoms. The van der Waals surface area contributed by atoms with Crippen LogP contribution in [0.2, 0.25) is 0 Å². The largest absolute Gasteiger partial charge is 0.480 e. The molecule has 1 aromatic carbocycles. The summed E-state index contributed by atoms with van der Waals surface area (Å²) in [5.41, 5.74) is 0.0956. The van der Waals surface area contributed by atoms with E-state index in [1.54, 1.807) is 6.07 Å². The van der Waals surface area contributed by atoms with Crippen LogP contribution in [0.5, 0.6) is 0 Å². The maximum Gasteiger partial charge on any atom is 0.322 e. The molecule has 1 rings (SSSR count). The van der Waals surface area contributed by atoms with E-state index in [-0.39, 0.29) is 17.9 Å². The minimum atomic E-state index is -1.07. The first-order chi connectivity index (χ1) is 7.54. The van der Waals surface area contributed by atoms with E-state index in [4.69, 9.17) is 5.11 Å². The van der Waals surface area contributed by atoms with Crippen molar-refractivity contribution in [2.24, 2.45) is 0 Å². The van der Waals surface area contributed by atoms with Gasteiger partial charge in [-0.15, -0.1) is 11.8 Å². The van der Waals surface area contributed by atoms with Gasteiger partial charge in [-0.1, -0.05) is 0 Å². The molecule has 7 heteroatoms. The summed E-state index contributed by atoms with van der Waals surface area (Å²) in [6.07, 6.45) is 1.81. The second-order valence-corrected chi connectivity index (χ2v) is 3.77. The first-order valence-corrected chi connectivity index (χ1v) is 5.55. The third kappa shape index (κ3) is 3.13. The number of nitro groups is 1. The van der Waals surface area contributed by atoms with Gasteiger partial charge in [0.05, 0.1) is 4.92 Å². The summed E-state index contributed by atoms with van der Waals surface area (Å²) in [5.74, 6) is -1.07. The van der Waals surface area contributed by atoms with Crippen molar-refractivity contribution < 1.29 is 14.8 Å². The molecule has 0 aliphatic heterocycles. The zero-order valence-electron chi connectivity index (χ0n) is 8.47. The highest BCUT2D eigenvalue weighted by Crippen LogP contribution is 2.28. The van der Waals surface area contributed by atoms with Crippen molar-refractivity contribution in [3.05, 3.63) is 28.3 Å². The van der Waals surface area contributed by atoms with Crippen molar-refractivity contribution >= 4 is 29.1 Å². The number of nitro benzene ring substituents is 1. The predicted octanol–water partition coefficient (Wildman–Crippen LogP) is 1.81. The van der Waals surface area contributed by atoms with Crippen molar-refractivity contribution in [1.82, 2.24) is 0 Å². The average Bonchev–Trinajstić information content (AvgIpc) is 2.25. The SMILES string of the molecule is CSc1ccc(NCC(=O)O)c([N+](=O)[O-])c1. The van der Waals surface area contributed by atoms with Crippen molar-refractivity contribution in [1.29, 1.82) is 0 Å². The number of nitrogens with zero attached hydrogens (tertiary/aromatic N) is 1. The quantitative estimate of drug-likeness (QED) is 0.464. The Morgan fingerprint density at radius 3 is 2.81 bits per heavy atom. The standard InChI is InChI=1S/C9H10N2O4S/c1-16-6-2-3-7(10-5-9(12)13)8(4-6)11(14)15/h2-4,10H,5H2,1H3,(H,12,13). The second kappa shape index (κ2) is 5.36. The Morgan fingerprint density at radius 2 is 2.31 bits per heavy atom. The molecule has 0 aromatic heterocycles. The van der Waals surface area contributed by atoms with Gasteiger partial charge in [0.2, 0.25) is 0 Å². The van der Waals surface area contributed by atoms with E-state index in [2.05, 4.69) is 5.32 Å². The Labute approximate surface area is 95.8 Å². The molecule has 0 radical (unpaired) electrons. The zero-order chi connectivity index (χ0) is 12.1. The molecule has 0 fully saturated rings. The van der Waals surface area contributed by atoms with Crippen LogP contribution in [0.4, 0.5) is 11.4 Å². The molecule has 0 heterocycles. The van der Waals surface area contributed by atoms with Crippen LogP contribution in [0.1, 0.15) is 0 Å². The van der Waals surface area contributed by atoms with E-state index in [0.29, 0.717) is 0 Å². The summed E-state index contributed by atoms with van der Waals surface area (Å²) in [7, 11) is 0. The molecule has 0 atom stereocenters. The van der Waals surface area contributed by atoms with Crippen LogP contribution in [0.3, 0.4) is 0 Å². The van der Waals surface area contributed by atoms with Crippen molar-refractivity contribution in [3.63, 3.8) is 0 Å². The average molecular weight is 242 g/mol. The van der Waals surface area contributed by atoms with Gasteiger partial charge in [0.25, 0.3) is 5.69 Å². The number of rotatable bonds is 5. The summed E-state index contributed by atoms with van der Waals surface area (Å²) < 4.78 is 0. The number of carboxylic acid groups (broad SMARTS) is 1. The number of hydrogen-bond donors (Lipinski definition) is 2. The lowest BCUT2D eigenvalue weighted by Gasteiger charge is -2.05. The van der Waals surface area contributed by atoms with Crippen LogP contribution < -0.4 is 5.32 Å². The van der Waals surface area contributed by atoms with Crippen LogP contribution in [-0.2, 0) is 4.79 Å². The molecular weight excluding hydrogens is 232 g/mol. The van der Waals surface area contributed by atoms with E-state index < -0.39 is 10.9 Å². The number of nitrogens with one attached hydrogen (secondary N) is 1. The number of anilines is 1. The van der Waals surface area contributed by atoms with E-state index in [1.165, 1.54) is 23.9 Å². The fraction of sp³-hybridized carbons (Fsp3) is 0.222. The minimum Gasteiger partial charge on any atom is -0.480 e. The third-order valence-electron chi connectivity index (χ3n) is 1.83. The zero-order valence-corrected chi connectivity index (χ0v) is 9.28. The van der Waals surface area contributed by atoms with E-state index in [0.717, 1.165) is 4.90 Å². The van der Waals surface area contributed by atoms with E-state index in [1.807, 2.05) is 6.26 Å². The van der Waals surface area contributed by atoms with Crippen LogP contribution in [0.15, 0.2) is 23.1 Å². The number of aliphatic carboxylic acids is 1. The molecule has 0 saturated heterocycles. The molecule has 0 amide bonds. The van der Waals surface area contributed by atoms with Gasteiger partial charge < -0.3 is 10.4 Å². The molecule has 0 bridgehead atoms. The number of thioether (sulfide) groups is 1. The van der Waals surface area contributed by atoms with Crippen molar-refractivity contribution in [3.8, 4) is 0 Å². The second-order valence-electron chi connectivity index (χ2n) is 2.89. The maximum absolute atomic E-state index is 10.7. The fourth-order valence-electron chi connectivity index (χ4n) is 1.11. The fourth-order valence-corrected chi connectivity index (χ4v) is 1.54. The number of carboxylic acids is 1. The molecule has 1 aromatic rings. The Kier molecular flexibility index (Phi) is 4.12. The van der Waals surface area contributed by atoms with Crippen LogP contribution >= 0.6 is 11.8 Å². The molecule has 2 N–H and O–H groups in total. The van der Waals surface area contributed by atoms with Gasteiger partial charge in [-0.25, -0.2) is 0 Å². The molecule has 6 nitrogen and oxygen atoms in total. The lowest BCUT2D eigenvalue weighted by atomic mass is 10.2. The first kappa shape index (κ1) is 12.3. The molecule has 0 saturated carbocycles. The normalized spacial score (nSPS) is 9.81. The van der Waals surface area contributed by atoms with Gasteiger partial charge >= 0.3 is 5.97 Å². The lowest BCUT2D eigenvalue weighted by molar-refractivity contribution is -0.384. The van der Waals surface area contributed by atoms with Gasteiger partial charge in [-0.05, 0) is 18.4 Å². The molecule has 86 valence electrons. The highest BCUT2D eigenvalue weighted by atomic mass is 32.2. The summed E-state index contributed by atoms with van der Waals surface area (Å²) in [5, 5.41) is 21.7. The van der Waals surface area contributed by atoms with Crippen LogP contribution in [-0.4, -0.2) is 28.8 Å². The van der Waals surface area contributed by atoms with Gasteiger partial charge in [0, 0.05) is 11.0 Å². The highest BCUT2D eigenvalue weighted by molar-refractivity contribution is 7.98. The topological polar surface area (TPSA) is 92.5 Å². The highest BCUT2D eigenvalue weighted by Gasteiger charge is 2.14. The summed E-state index contributed by atoms with van der Waals surface area (Å²) in [6, 6.07) is 4.61. The van der Waals surface area contributed by atoms with E-state index >= 15 is 0 Å². The number of hydrogen-bond acceptors (Lipinski definition) is 5. The Bertz CT molecular complexity index is 422. The summed E-state index contributed by atoms with van der Waals surface area (Å²) >= 11 is 1.38. The van der Waals surface area contributed by atoms with E-state index in [9.17, 15) is 14.9 Å². The monoisotopic (exact) mass is 242 g/mol. The predicted molar refractivity (Wildman–Crippen MR) is 61.0 cm³/mol. The molecule has 0 spiro atoms. The summed E-state index contributed by atoms with van der Waals surface area (Å²) in [6.45, 7) is -0.348. The Hall–Kier alpha value is -1.76. The smallest absolute Gasteiger partial charge is 0.322 e. The number of carbonyl (C=O) groups is 1. The van der Waals surface area contributed by atoms with Crippen molar-refractivity contribution in [2.45, 2.75) is 4.90 Å². The van der Waals surface area contributed by atoms with Gasteiger partial charge in [0.15, 0.2) is 0 Å². The van der Waals surface area contributed by atoms with Crippen molar-refractivity contribution in [2.75, 3.05) is 18.1 Å². The maximum atomic E-state index is 10.7. The lowest BCUT2D eigenvalue weighted by Crippen LogP contribution is -2.13. The van der Waals surface area contributed by atoms with Crippen LogP contribution in [0, 0.1) is 10.1 Å². The molecular formula is C9H10N2O4S. The van der Waals surface area contributed by atoms with Gasteiger partial charge in [0.1, 0.15) is 12.2 Å². The van der Waals surface area contributed by atoms with Crippen LogP contribution in [0.25, 0.3) is 0 Å². The molecule has 0 aliphatic rings. The van der Waals surface area contributed by atoms with Gasteiger partial charge in [-0.2, -0.15) is 0 Å². The summed E-state index contributed by atoms with van der Waals surface area (Å²) in [4.78, 5) is 21.3. The first-order valence-electron chi connectivity index (χ1n) is 4.32. The molecule has 0 aliphatic carbocycles.